The van der Waals surface area contributed by atoms with E-state index in [2.05, 4.69) is 28.6 Å². The average Bonchev–Trinajstić information content (AvgIpc) is 3.54. The lowest BCUT2D eigenvalue weighted by Gasteiger charge is -2.35. The Bertz CT molecular complexity index is 2430. The minimum atomic E-state index is -0.264. The maximum absolute atomic E-state index is 13.8. The molecule has 2 aliphatic carbocycles. The molecule has 0 amide bonds. The van der Waals surface area contributed by atoms with E-state index in [0.29, 0.717) is 22.3 Å². The van der Waals surface area contributed by atoms with Crippen molar-refractivity contribution in [3.8, 4) is 0 Å². The SMILES string of the molecule is CCCCN1C=CC(=C2C(=O)C(c3ccc4[nH]c5ccc(C6=C([O-])C(=C7C=CN(CCCC)c8ccccc87)C6=O)cc5c4c3)=C2[O-])c2ccccc21. The van der Waals surface area contributed by atoms with E-state index in [1.807, 2.05) is 97.3 Å². The van der Waals surface area contributed by atoms with E-state index in [9.17, 15) is 19.8 Å². The summed E-state index contributed by atoms with van der Waals surface area (Å²) in [6.45, 7) is 6.04. The smallest absolute Gasteiger partial charge is 0.193 e. The Kier molecular flexibility index (Phi) is 7.81. The summed E-state index contributed by atoms with van der Waals surface area (Å²) in [4.78, 5) is 35.3. The number of ketones is 2. The van der Waals surface area contributed by atoms with Crippen LogP contribution in [0.3, 0.4) is 0 Å². The van der Waals surface area contributed by atoms with Gasteiger partial charge in [-0.2, -0.15) is 0 Å². The molecule has 0 saturated heterocycles. The Hall–Kier alpha value is -6.34. The summed E-state index contributed by atoms with van der Waals surface area (Å²) in [5, 5.41) is 29.2. The van der Waals surface area contributed by atoms with Crippen LogP contribution >= 0.6 is 0 Å². The summed E-state index contributed by atoms with van der Waals surface area (Å²) in [5.74, 6) is -1.06. The Balaban J connectivity index is 1.08. The highest BCUT2D eigenvalue weighted by molar-refractivity contribution is 6.42. The molecule has 1 aromatic heterocycles. The van der Waals surface area contributed by atoms with Crippen LogP contribution in [-0.2, 0) is 9.59 Å². The number of carbonyl (C=O) groups excluding carboxylic acids is 2. The number of nitrogens with zero attached hydrogens (tertiary/aromatic N) is 2. The average molecular weight is 696 g/mol. The van der Waals surface area contributed by atoms with Gasteiger partial charge in [0, 0.05) is 92.1 Å². The fraction of sp³-hybridized carbons (Fsp3) is 0.174. The first-order valence-corrected chi connectivity index (χ1v) is 18.5. The van der Waals surface area contributed by atoms with Crippen LogP contribution < -0.4 is 20.0 Å². The molecule has 0 fully saturated rings. The summed E-state index contributed by atoms with van der Waals surface area (Å²) < 4.78 is 0. The van der Waals surface area contributed by atoms with Gasteiger partial charge >= 0.3 is 0 Å². The first kappa shape index (κ1) is 32.6. The highest BCUT2D eigenvalue weighted by atomic mass is 16.3. The maximum atomic E-state index is 13.8. The van der Waals surface area contributed by atoms with E-state index >= 15 is 0 Å². The molecule has 5 aromatic rings. The standard InChI is InChI=1S/C46H39N3O4/c1-3-5-21-48-23-19-31(29-11-7-9-13-37(29)48)41-43(50)39(44(41)51)27-15-17-35-33(25-27)34-26-28(16-18-36(34)47-35)40-45(52)42(46(40)53)32-20-24-49(22-6-4-2)38-14-10-8-12-30(32)38/h7-20,23-26,47,50,52H,3-6,21-22H2,1-2H3/p-2. The zero-order chi connectivity index (χ0) is 36.4. The molecular weight excluding hydrogens is 659 g/mol. The van der Waals surface area contributed by atoms with Crippen molar-refractivity contribution < 1.29 is 19.8 Å². The predicted molar refractivity (Wildman–Crippen MR) is 209 cm³/mol. The van der Waals surface area contributed by atoms with Crippen molar-refractivity contribution in [2.75, 3.05) is 22.9 Å². The molecule has 7 heteroatoms. The normalized spacial score (nSPS) is 19.4. The third-order valence-electron chi connectivity index (χ3n) is 10.9. The van der Waals surface area contributed by atoms with Crippen LogP contribution in [0.2, 0.25) is 0 Å². The number of rotatable bonds is 8. The first-order chi connectivity index (χ1) is 25.9. The van der Waals surface area contributed by atoms with Crippen molar-refractivity contribution in [1.29, 1.82) is 0 Å². The first-order valence-electron chi connectivity index (χ1n) is 18.5. The van der Waals surface area contributed by atoms with Gasteiger partial charge in [0.15, 0.2) is 11.6 Å². The molecular formula is C46H37N3O4-2. The van der Waals surface area contributed by atoms with Gasteiger partial charge in [-0.3, -0.25) is 9.59 Å². The largest absolute Gasteiger partial charge is 0.871 e. The van der Waals surface area contributed by atoms with Gasteiger partial charge in [0.05, 0.1) is 0 Å². The second-order valence-corrected chi connectivity index (χ2v) is 14.0. The molecule has 3 heterocycles. The number of aromatic amines is 1. The second kappa shape index (κ2) is 12.7. The zero-order valence-corrected chi connectivity index (χ0v) is 29.7. The van der Waals surface area contributed by atoms with Gasteiger partial charge < -0.3 is 25.0 Å². The van der Waals surface area contributed by atoms with Crippen molar-refractivity contribution in [2.24, 2.45) is 0 Å². The highest BCUT2D eigenvalue weighted by Gasteiger charge is 2.34. The quantitative estimate of drug-likeness (QED) is 0.166. The Labute approximate surface area is 307 Å². The van der Waals surface area contributed by atoms with E-state index < -0.39 is 0 Å². The number of Topliss-reactive ketones (excluding diaryl/α,β-unsaturated/α-hetero) is 2. The molecule has 0 saturated carbocycles. The van der Waals surface area contributed by atoms with Crippen molar-refractivity contribution in [1.82, 2.24) is 4.98 Å². The molecule has 0 radical (unpaired) electrons. The second-order valence-electron chi connectivity index (χ2n) is 14.0. The summed E-state index contributed by atoms with van der Waals surface area (Å²) >= 11 is 0. The van der Waals surface area contributed by atoms with Gasteiger partial charge in [-0.1, -0.05) is 86.7 Å². The van der Waals surface area contributed by atoms with Gasteiger partial charge in [0.25, 0.3) is 0 Å². The predicted octanol–water partition coefficient (Wildman–Crippen LogP) is 7.80. The van der Waals surface area contributed by atoms with Crippen LogP contribution in [-0.4, -0.2) is 29.6 Å². The van der Waals surface area contributed by atoms with E-state index in [0.717, 1.165) is 83.1 Å². The molecule has 4 aliphatic rings. The number of para-hydroxylation sites is 2. The lowest BCUT2D eigenvalue weighted by molar-refractivity contribution is -0.298. The van der Waals surface area contributed by atoms with Gasteiger partial charge in [-0.25, -0.2) is 0 Å². The zero-order valence-electron chi connectivity index (χ0n) is 29.7. The van der Waals surface area contributed by atoms with Crippen molar-refractivity contribution in [3.63, 3.8) is 0 Å². The summed E-state index contributed by atoms with van der Waals surface area (Å²) in [6, 6.07) is 26.9. The number of allylic oxidation sites excluding steroid dienone is 8. The Morgan fingerprint density at radius 1 is 0.566 bits per heavy atom. The van der Waals surface area contributed by atoms with Crippen LogP contribution in [0.5, 0.6) is 0 Å². The number of anilines is 2. The molecule has 53 heavy (non-hydrogen) atoms. The molecule has 0 atom stereocenters. The van der Waals surface area contributed by atoms with Crippen LogP contribution in [0.1, 0.15) is 61.8 Å². The van der Waals surface area contributed by atoms with Crippen LogP contribution in [0.4, 0.5) is 11.4 Å². The van der Waals surface area contributed by atoms with Crippen molar-refractivity contribution in [2.45, 2.75) is 39.5 Å². The topological polar surface area (TPSA) is 103 Å². The van der Waals surface area contributed by atoms with Crippen molar-refractivity contribution >= 4 is 67.0 Å². The summed E-state index contributed by atoms with van der Waals surface area (Å²) in [5.41, 5.74) is 8.60. The number of H-pyrrole nitrogens is 1. The number of nitrogens with one attached hydrogen (secondary N) is 1. The van der Waals surface area contributed by atoms with Gasteiger partial charge in [-0.05, 0) is 83.7 Å². The third-order valence-corrected chi connectivity index (χ3v) is 10.9. The highest BCUT2D eigenvalue weighted by Crippen LogP contribution is 2.46. The van der Waals surface area contributed by atoms with Crippen LogP contribution in [0.15, 0.2) is 132 Å². The van der Waals surface area contributed by atoms with E-state index in [1.165, 1.54) is 0 Å². The van der Waals surface area contributed by atoms with Crippen molar-refractivity contribution in [3.05, 3.63) is 154 Å². The lowest BCUT2D eigenvalue weighted by Crippen LogP contribution is -2.31. The number of carbonyl (C=O) groups is 2. The third kappa shape index (κ3) is 5.02. The van der Waals surface area contributed by atoms with E-state index in [4.69, 9.17) is 0 Å². The Morgan fingerprint density at radius 3 is 1.42 bits per heavy atom. The summed E-state index contributed by atoms with van der Waals surface area (Å²) in [6.07, 6.45) is 11.9. The van der Waals surface area contributed by atoms with E-state index in [-0.39, 0.29) is 45.4 Å². The van der Waals surface area contributed by atoms with E-state index in [1.54, 1.807) is 12.1 Å². The number of benzene rings is 4. The molecule has 4 aromatic carbocycles. The van der Waals surface area contributed by atoms with Gasteiger partial charge in [0.2, 0.25) is 0 Å². The Morgan fingerprint density at radius 2 is 1.00 bits per heavy atom. The molecule has 0 spiro atoms. The van der Waals surface area contributed by atoms with Crippen LogP contribution in [0.25, 0.3) is 44.1 Å². The van der Waals surface area contributed by atoms with Gasteiger partial charge in [0.1, 0.15) is 0 Å². The monoisotopic (exact) mass is 695 g/mol. The molecule has 7 nitrogen and oxygen atoms in total. The number of hydrogen-bond acceptors (Lipinski definition) is 6. The molecule has 0 unspecified atom stereocenters. The lowest BCUT2D eigenvalue weighted by atomic mass is 9.78. The fourth-order valence-electron chi connectivity index (χ4n) is 8.07. The van der Waals surface area contributed by atoms with Crippen LogP contribution in [0, 0.1) is 0 Å². The fourth-order valence-corrected chi connectivity index (χ4v) is 8.07. The minimum absolute atomic E-state index is 0.170. The number of hydrogen-bond donors (Lipinski definition) is 1. The number of fused-ring (bicyclic) bond motifs is 5. The molecule has 2 aliphatic heterocycles. The molecule has 9 rings (SSSR count). The molecule has 0 bridgehead atoms. The minimum Gasteiger partial charge on any atom is -0.871 e. The summed E-state index contributed by atoms with van der Waals surface area (Å²) in [7, 11) is 0. The maximum Gasteiger partial charge on any atom is 0.193 e. The number of aromatic nitrogens is 1. The number of unbranched alkanes of at least 4 members (excludes halogenated alkanes) is 2. The molecule has 1 N–H and O–H groups in total. The van der Waals surface area contributed by atoms with Gasteiger partial charge in [-0.15, -0.1) is 0 Å². The molecule has 262 valence electrons.